The van der Waals surface area contributed by atoms with E-state index in [0.717, 1.165) is 34.8 Å². The minimum atomic E-state index is -0.605. The highest BCUT2D eigenvalue weighted by Crippen LogP contribution is 2.33. The second-order valence-corrected chi connectivity index (χ2v) is 6.57. The molecule has 4 rings (SSSR count). The first-order valence-electron chi connectivity index (χ1n) is 9.22. The molecule has 2 atom stereocenters. The molecule has 2 aliphatic rings. The summed E-state index contributed by atoms with van der Waals surface area (Å²) in [6.07, 6.45) is 0.615. The summed E-state index contributed by atoms with van der Waals surface area (Å²) in [5.74, 6) is 1.30. The van der Waals surface area contributed by atoms with E-state index < -0.39 is 6.10 Å². The van der Waals surface area contributed by atoms with E-state index in [0.29, 0.717) is 19.6 Å². The number of carbonyl (C=O) groups excluding carboxylic acids is 1. The molecule has 2 aromatic rings. The molecule has 140 valence electrons. The Morgan fingerprint density at radius 2 is 1.93 bits per heavy atom. The number of hydrogen-bond acceptors (Lipinski definition) is 5. The molecular formula is C21H22N2O4. The average Bonchev–Trinajstić information content (AvgIpc) is 3.22. The molecule has 0 bridgehead atoms. The van der Waals surface area contributed by atoms with E-state index in [1.165, 1.54) is 0 Å². The van der Waals surface area contributed by atoms with E-state index in [2.05, 4.69) is 10.5 Å². The van der Waals surface area contributed by atoms with Crippen LogP contribution in [0.4, 0.5) is 0 Å². The van der Waals surface area contributed by atoms with Gasteiger partial charge in [-0.1, -0.05) is 48.5 Å². The van der Waals surface area contributed by atoms with E-state index in [1.807, 2.05) is 55.5 Å². The summed E-state index contributed by atoms with van der Waals surface area (Å²) in [6, 6.07) is 15.4. The molecule has 0 spiro atoms. The van der Waals surface area contributed by atoms with Gasteiger partial charge in [0.25, 0.3) is 5.91 Å². The molecule has 0 saturated heterocycles. The molecule has 0 aliphatic carbocycles. The quantitative estimate of drug-likeness (QED) is 0.882. The lowest BCUT2D eigenvalue weighted by molar-refractivity contribution is -0.132. The lowest BCUT2D eigenvalue weighted by Gasteiger charge is -2.23. The Kier molecular flexibility index (Phi) is 4.96. The minimum absolute atomic E-state index is 0.127. The van der Waals surface area contributed by atoms with Crippen LogP contribution < -0.4 is 14.8 Å². The van der Waals surface area contributed by atoms with Gasteiger partial charge < -0.3 is 19.6 Å². The molecule has 0 radical (unpaired) electrons. The Bertz CT molecular complexity index is 851. The molecule has 2 aromatic carbocycles. The number of amides is 1. The average molecular weight is 366 g/mol. The van der Waals surface area contributed by atoms with Crippen molar-refractivity contribution in [1.29, 1.82) is 0 Å². The lowest BCUT2D eigenvalue weighted by atomic mass is 10.0. The highest BCUT2D eigenvalue weighted by molar-refractivity contribution is 6.04. The number of nitrogens with one attached hydrogen (secondary N) is 1. The number of nitrogens with zero attached hydrogens (tertiary/aromatic N) is 1. The fourth-order valence-corrected chi connectivity index (χ4v) is 3.28. The molecule has 2 heterocycles. The Hall–Kier alpha value is -3.02. The second kappa shape index (κ2) is 7.70. The van der Waals surface area contributed by atoms with Gasteiger partial charge in [-0.15, -0.1) is 0 Å². The Balaban J connectivity index is 1.41. The van der Waals surface area contributed by atoms with Crippen LogP contribution in [-0.2, 0) is 9.63 Å². The molecular weight excluding hydrogens is 344 g/mol. The number of hydrogen-bond donors (Lipinski definition) is 1. The van der Waals surface area contributed by atoms with Gasteiger partial charge in [-0.05, 0) is 29.7 Å². The molecule has 0 saturated carbocycles. The Morgan fingerprint density at radius 1 is 1.15 bits per heavy atom. The second-order valence-electron chi connectivity index (χ2n) is 6.57. The molecule has 0 fully saturated rings. The molecule has 6 nitrogen and oxygen atoms in total. The van der Waals surface area contributed by atoms with Crippen LogP contribution >= 0.6 is 0 Å². The molecule has 2 unspecified atom stereocenters. The van der Waals surface area contributed by atoms with Crippen molar-refractivity contribution in [1.82, 2.24) is 5.32 Å². The maximum absolute atomic E-state index is 12.7. The molecule has 6 heteroatoms. The van der Waals surface area contributed by atoms with Gasteiger partial charge in [0.2, 0.25) is 6.10 Å². The summed E-state index contributed by atoms with van der Waals surface area (Å²) in [5, 5.41) is 7.16. The summed E-state index contributed by atoms with van der Waals surface area (Å²) in [6.45, 7) is 3.13. The predicted molar refractivity (Wildman–Crippen MR) is 101 cm³/mol. The zero-order valence-electron chi connectivity index (χ0n) is 15.2. The van der Waals surface area contributed by atoms with Gasteiger partial charge in [-0.25, -0.2) is 0 Å². The lowest BCUT2D eigenvalue weighted by Crippen LogP contribution is -2.37. The van der Waals surface area contributed by atoms with E-state index in [1.54, 1.807) is 0 Å². The van der Waals surface area contributed by atoms with Crippen molar-refractivity contribution in [2.24, 2.45) is 5.16 Å². The van der Waals surface area contributed by atoms with Crippen molar-refractivity contribution < 1.29 is 19.1 Å². The maximum Gasteiger partial charge on any atom is 0.264 e. The van der Waals surface area contributed by atoms with Crippen LogP contribution in [0.1, 0.15) is 36.9 Å². The SMILES string of the molecule is CCC(NC(=O)C1CC(c2ccccc2)=NO1)c1ccc2c(c1)OCCO2. The molecule has 1 amide bonds. The van der Waals surface area contributed by atoms with E-state index in [-0.39, 0.29) is 11.9 Å². The van der Waals surface area contributed by atoms with Crippen molar-refractivity contribution in [3.05, 3.63) is 59.7 Å². The van der Waals surface area contributed by atoms with Crippen molar-refractivity contribution in [3.63, 3.8) is 0 Å². The summed E-state index contributed by atoms with van der Waals surface area (Å²) in [5.41, 5.74) is 2.76. The van der Waals surface area contributed by atoms with Gasteiger partial charge in [-0.2, -0.15) is 0 Å². The van der Waals surface area contributed by atoms with Crippen LogP contribution in [-0.4, -0.2) is 30.9 Å². The van der Waals surface area contributed by atoms with Crippen molar-refractivity contribution in [3.8, 4) is 11.5 Å². The van der Waals surface area contributed by atoms with Crippen molar-refractivity contribution >= 4 is 11.6 Å². The predicted octanol–water partition coefficient (Wildman–Crippen LogP) is 3.22. The van der Waals surface area contributed by atoms with Crippen LogP contribution in [0, 0.1) is 0 Å². The van der Waals surface area contributed by atoms with Gasteiger partial charge in [0.15, 0.2) is 11.5 Å². The highest BCUT2D eigenvalue weighted by atomic mass is 16.6. The Labute approximate surface area is 158 Å². The van der Waals surface area contributed by atoms with Gasteiger partial charge >= 0.3 is 0 Å². The molecule has 27 heavy (non-hydrogen) atoms. The molecule has 1 N–H and O–H groups in total. The fraction of sp³-hybridized carbons (Fsp3) is 0.333. The normalized spacial score (nSPS) is 19.0. The maximum atomic E-state index is 12.7. The standard InChI is InChI=1S/C21H22N2O4/c1-2-16(15-8-9-18-19(12-15)26-11-10-25-18)22-21(24)20-13-17(23-27-20)14-6-4-3-5-7-14/h3-9,12,16,20H,2,10-11,13H2,1H3,(H,22,24). The van der Waals surface area contributed by atoms with E-state index in [4.69, 9.17) is 14.3 Å². The number of carbonyl (C=O) groups is 1. The zero-order valence-corrected chi connectivity index (χ0v) is 15.2. The summed E-state index contributed by atoms with van der Waals surface area (Å²) in [7, 11) is 0. The molecule has 0 aromatic heterocycles. The van der Waals surface area contributed by atoms with Gasteiger partial charge in [0.05, 0.1) is 11.8 Å². The third-order valence-electron chi connectivity index (χ3n) is 4.76. The Morgan fingerprint density at radius 3 is 2.70 bits per heavy atom. The van der Waals surface area contributed by atoms with Crippen LogP contribution in [0.2, 0.25) is 0 Å². The summed E-state index contributed by atoms with van der Waals surface area (Å²) < 4.78 is 11.2. The smallest absolute Gasteiger partial charge is 0.264 e. The van der Waals surface area contributed by atoms with Crippen LogP contribution in [0.5, 0.6) is 11.5 Å². The largest absolute Gasteiger partial charge is 0.486 e. The van der Waals surface area contributed by atoms with Crippen LogP contribution in [0.3, 0.4) is 0 Å². The van der Waals surface area contributed by atoms with E-state index in [9.17, 15) is 4.79 Å². The summed E-state index contributed by atoms with van der Waals surface area (Å²) in [4.78, 5) is 18.1. The van der Waals surface area contributed by atoms with E-state index >= 15 is 0 Å². The van der Waals surface area contributed by atoms with Crippen LogP contribution in [0.15, 0.2) is 53.7 Å². The monoisotopic (exact) mass is 366 g/mol. The highest BCUT2D eigenvalue weighted by Gasteiger charge is 2.30. The van der Waals surface area contributed by atoms with Gasteiger partial charge in [-0.3, -0.25) is 4.79 Å². The summed E-state index contributed by atoms with van der Waals surface area (Å²) >= 11 is 0. The zero-order chi connectivity index (χ0) is 18.6. The molecule has 2 aliphatic heterocycles. The van der Waals surface area contributed by atoms with Gasteiger partial charge in [0.1, 0.15) is 13.2 Å². The first-order chi connectivity index (χ1) is 13.2. The van der Waals surface area contributed by atoms with Crippen molar-refractivity contribution in [2.75, 3.05) is 13.2 Å². The first kappa shape index (κ1) is 17.4. The number of fused-ring (bicyclic) bond motifs is 1. The number of oxime groups is 1. The topological polar surface area (TPSA) is 69.2 Å². The number of benzene rings is 2. The third kappa shape index (κ3) is 3.74. The van der Waals surface area contributed by atoms with Gasteiger partial charge in [0, 0.05) is 6.42 Å². The third-order valence-corrected chi connectivity index (χ3v) is 4.76. The van der Waals surface area contributed by atoms with Crippen molar-refractivity contribution in [2.45, 2.75) is 31.9 Å². The first-order valence-corrected chi connectivity index (χ1v) is 9.22. The number of ether oxygens (including phenoxy) is 2. The minimum Gasteiger partial charge on any atom is -0.486 e. The van der Waals surface area contributed by atoms with Crippen LogP contribution in [0.25, 0.3) is 0 Å². The number of rotatable bonds is 5. The fourth-order valence-electron chi connectivity index (χ4n) is 3.28.